The van der Waals surface area contributed by atoms with Crippen LogP contribution in [0.25, 0.3) is 61.5 Å². The van der Waals surface area contributed by atoms with E-state index in [0.717, 1.165) is 78.7 Å². The van der Waals surface area contributed by atoms with Crippen LogP contribution in [-0.2, 0) is 0 Å². The van der Waals surface area contributed by atoms with Gasteiger partial charge in [-0.05, 0) is 73.2 Å². The van der Waals surface area contributed by atoms with Crippen molar-refractivity contribution < 1.29 is 4.74 Å². The third-order valence-electron chi connectivity index (χ3n) is 7.65. The number of hydrogen-bond acceptors (Lipinski definition) is 5. The standard InChI is InChI=1S/C35H30N6O/c1-22-30-31(23-14-18-25(19-15-23)40(2)3)32(34-36-28-12-8-9-13-29(28)37-34)33(24-16-20-27(42-4)21-17-24)38-35(30)41(39-22)26-10-6-5-7-11-26/h5-21H,1-4H3,(H,36,37). The van der Waals surface area contributed by atoms with Gasteiger partial charge in [-0.3, -0.25) is 0 Å². The highest BCUT2D eigenvalue weighted by atomic mass is 16.5. The van der Waals surface area contributed by atoms with Crippen LogP contribution in [0.1, 0.15) is 5.69 Å². The Morgan fingerprint density at radius 3 is 2.12 bits per heavy atom. The van der Waals surface area contributed by atoms with Crippen LogP contribution in [0.5, 0.6) is 5.75 Å². The molecule has 42 heavy (non-hydrogen) atoms. The van der Waals surface area contributed by atoms with Crippen molar-refractivity contribution in [3.05, 3.63) is 109 Å². The topological polar surface area (TPSA) is 71.9 Å². The zero-order chi connectivity index (χ0) is 28.8. The maximum atomic E-state index is 5.48. The first-order valence-corrected chi connectivity index (χ1v) is 13.9. The summed E-state index contributed by atoms with van der Waals surface area (Å²) in [6.07, 6.45) is 0. The van der Waals surface area contributed by atoms with E-state index in [-0.39, 0.29) is 0 Å². The third kappa shape index (κ3) is 4.27. The minimum absolute atomic E-state index is 0.759. The average molecular weight is 551 g/mol. The second kappa shape index (κ2) is 10.2. The van der Waals surface area contributed by atoms with Gasteiger partial charge in [-0.1, -0.05) is 42.5 Å². The van der Waals surface area contributed by atoms with Crippen molar-refractivity contribution in [2.75, 3.05) is 26.1 Å². The molecule has 0 aliphatic carbocycles. The van der Waals surface area contributed by atoms with Crippen molar-refractivity contribution in [3.8, 4) is 45.2 Å². The number of hydrogen-bond donors (Lipinski definition) is 1. The summed E-state index contributed by atoms with van der Waals surface area (Å²) in [5, 5.41) is 6.02. The molecule has 7 aromatic rings. The Labute approximate surface area is 244 Å². The highest BCUT2D eigenvalue weighted by Crippen LogP contribution is 2.44. The molecule has 0 amide bonds. The van der Waals surface area contributed by atoms with Gasteiger partial charge in [-0.25, -0.2) is 14.6 Å². The van der Waals surface area contributed by atoms with E-state index in [1.54, 1.807) is 7.11 Å². The number of H-pyrrole nitrogens is 1. The summed E-state index contributed by atoms with van der Waals surface area (Å²) in [6, 6.07) is 34.9. The summed E-state index contributed by atoms with van der Waals surface area (Å²) < 4.78 is 7.42. The molecule has 0 spiro atoms. The van der Waals surface area contributed by atoms with Crippen LogP contribution in [-0.4, -0.2) is 45.9 Å². The van der Waals surface area contributed by atoms with Gasteiger partial charge in [0.25, 0.3) is 0 Å². The molecule has 0 fully saturated rings. The predicted molar refractivity (Wildman–Crippen MR) is 170 cm³/mol. The molecule has 4 aromatic carbocycles. The molecule has 206 valence electrons. The lowest BCUT2D eigenvalue weighted by molar-refractivity contribution is 0.415. The van der Waals surface area contributed by atoms with Crippen LogP contribution in [0.15, 0.2) is 103 Å². The highest BCUT2D eigenvalue weighted by molar-refractivity contribution is 6.07. The van der Waals surface area contributed by atoms with Crippen LogP contribution in [0.4, 0.5) is 5.69 Å². The summed E-state index contributed by atoms with van der Waals surface area (Å²) in [4.78, 5) is 16.1. The van der Waals surface area contributed by atoms with E-state index >= 15 is 0 Å². The van der Waals surface area contributed by atoms with Gasteiger partial charge in [0.05, 0.1) is 46.2 Å². The Balaban J connectivity index is 1.63. The molecule has 7 heteroatoms. The van der Waals surface area contributed by atoms with Crippen molar-refractivity contribution in [1.82, 2.24) is 24.7 Å². The normalized spacial score (nSPS) is 11.3. The van der Waals surface area contributed by atoms with Crippen molar-refractivity contribution in [2.24, 2.45) is 0 Å². The number of fused-ring (bicyclic) bond motifs is 2. The Bertz CT molecular complexity index is 2010. The monoisotopic (exact) mass is 550 g/mol. The van der Waals surface area contributed by atoms with E-state index in [0.29, 0.717) is 0 Å². The van der Waals surface area contributed by atoms with E-state index in [1.165, 1.54) is 0 Å². The second-order valence-electron chi connectivity index (χ2n) is 10.5. The number of pyridine rings is 1. The molecule has 0 aliphatic rings. The summed E-state index contributed by atoms with van der Waals surface area (Å²) in [5.74, 6) is 1.55. The molecule has 7 nitrogen and oxygen atoms in total. The van der Waals surface area contributed by atoms with Gasteiger partial charge in [0, 0.05) is 30.9 Å². The van der Waals surface area contributed by atoms with E-state index in [2.05, 4.69) is 73.4 Å². The molecular weight excluding hydrogens is 520 g/mol. The zero-order valence-corrected chi connectivity index (χ0v) is 24.0. The maximum Gasteiger partial charge on any atom is 0.164 e. The summed E-state index contributed by atoms with van der Waals surface area (Å²) in [6.45, 7) is 2.05. The number of rotatable bonds is 6. The van der Waals surface area contributed by atoms with Gasteiger partial charge >= 0.3 is 0 Å². The third-order valence-corrected chi connectivity index (χ3v) is 7.65. The lowest BCUT2D eigenvalue weighted by Gasteiger charge is -2.18. The molecule has 0 unspecified atom stereocenters. The van der Waals surface area contributed by atoms with Crippen molar-refractivity contribution in [3.63, 3.8) is 0 Å². The number of anilines is 1. The van der Waals surface area contributed by atoms with Crippen LogP contribution >= 0.6 is 0 Å². The fourth-order valence-electron chi connectivity index (χ4n) is 5.54. The number of methoxy groups -OCH3 is 1. The van der Waals surface area contributed by atoms with Gasteiger partial charge in [0.15, 0.2) is 5.65 Å². The smallest absolute Gasteiger partial charge is 0.164 e. The number of nitrogens with one attached hydrogen (secondary N) is 1. The number of aromatic amines is 1. The van der Waals surface area contributed by atoms with E-state index in [4.69, 9.17) is 19.8 Å². The fourth-order valence-corrected chi connectivity index (χ4v) is 5.54. The Kier molecular flexibility index (Phi) is 6.20. The Morgan fingerprint density at radius 2 is 1.43 bits per heavy atom. The molecule has 0 atom stereocenters. The number of benzene rings is 4. The molecule has 0 bridgehead atoms. The predicted octanol–water partition coefficient (Wildman–Crippen LogP) is 7.68. The number of ether oxygens (including phenoxy) is 1. The van der Waals surface area contributed by atoms with Crippen molar-refractivity contribution >= 4 is 27.8 Å². The first-order valence-electron chi connectivity index (χ1n) is 13.9. The lowest BCUT2D eigenvalue weighted by atomic mass is 9.92. The van der Waals surface area contributed by atoms with Crippen molar-refractivity contribution in [2.45, 2.75) is 6.92 Å². The van der Waals surface area contributed by atoms with Gasteiger partial charge in [-0.2, -0.15) is 5.10 Å². The minimum atomic E-state index is 0.759. The van der Waals surface area contributed by atoms with Gasteiger partial charge in [0.1, 0.15) is 11.6 Å². The summed E-state index contributed by atoms with van der Waals surface area (Å²) in [7, 11) is 5.78. The average Bonchev–Trinajstić information content (AvgIpc) is 3.61. The second-order valence-corrected chi connectivity index (χ2v) is 10.5. The van der Waals surface area contributed by atoms with E-state index in [1.807, 2.05) is 65.3 Å². The highest BCUT2D eigenvalue weighted by Gasteiger charge is 2.26. The van der Waals surface area contributed by atoms with Crippen LogP contribution < -0.4 is 9.64 Å². The molecular formula is C35H30N6O. The Morgan fingerprint density at radius 1 is 0.738 bits per heavy atom. The van der Waals surface area contributed by atoms with Crippen LogP contribution in [0.2, 0.25) is 0 Å². The molecule has 0 saturated heterocycles. The van der Waals surface area contributed by atoms with Gasteiger partial charge in [0.2, 0.25) is 0 Å². The molecule has 0 radical (unpaired) electrons. The van der Waals surface area contributed by atoms with Crippen LogP contribution in [0.3, 0.4) is 0 Å². The summed E-state index contributed by atoms with van der Waals surface area (Å²) >= 11 is 0. The molecule has 0 saturated carbocycles. The molecule has 3 heterocycles. The SMILES string of the molecule is COc1ccc(-c2nc3c(c(C)nn3-c3ccccc3)c(-c3ccc(N(C)C)cc3)c2-c2nc3ccccc3[nH]2)cc1. The molecule has 3 aromatic heterocycles. The zero-order valence-electron chi connectivity index (χ0n) is 24.0. The lowest BCUT2D eigenvalue weighted by Crippen LogP contribution is -2.08. The summed E-state index contributed by atoms with van der Waals surface area (Å²) in [5.41, 5.74) is 10.4. The maximum absolute atomic E-state index is 5.48. The van der Waals surface area contributed by atoms with Crippen molar-refractivity contribution in [1.29, 1.82) is 0 Å². The van der Waals surface area contributed by atoms with E-state index < -0.39 is 0 Å². The molecule has 7 rings (SSSR count). The number of aromatic nitrogens is 5. The van der Waals surface area contributed by atoms with E-state index in [9.17, 15) is 0 Å². The van der Waals surface area contributed by atoms with Gasteiger partial charge in [-0.15, -0.1) is 0 Å². The quantitative estimate of drug-likeness (QED) is 0.230. The minimum Gasteiger partial charge on any atom is -0.497 e. The number of para-hydroxylation sites is 3. The fraction of sp³-hybridized carbons (Fsp3) is 0.114. The number of nitrogens with zero attached hydrogens (tertiary/aromatic N) is 5. The number of aryl methyl sites for hydroxylation is 1. The first-order chi connectivity index (χ1) is 20.5. The molecule has 1 N–H and O–H groups in total. The largest absolute Gasteiger partial charge is 0.497 e. The van der Waals surface area contributed by atoms with Crippen LogP contribution in [0, 0.1) is 6.92 Å². The number of imidazole rings is 1. The molecule has 0 aliphatic heterocycles. The van der Waals surface area contributed by atoms with Gasteiger partial charge < -0.3 is 14.6 Å². The Hall–Kier alpha value is -5.43. The first kappa shape index (κ1) is 25.5.